The van der Waals surface area contributed by atoms with Gasteiger partial charge in [0.1, 0.15) is 30.0 Å². The van der Waals surface area contributed by atoms with Gasteiger partial charge in [-0.2, -0.15) is 23.4 Å². The van der Waals surface area contributed by atoms with Gasteiger partial charge in [-0.15, -0.1) is 0 Å². The number of hydrogen-bond donors (Lipinski definition) is 0. The summed E-state index contributed by atoms with van der Waals surface area (Å²) in [5.41, 5.74) is -0.695. The SMILES string of the molecule is C[C@@]12COCCN1c1cc(OCc3ccc(Oc4ccc(C(F)(F)F)cc4)c(C#N)c3)nc(=O)n1C2. The fourth-order valence-electron chi connectivity index (χ4n) is 4.42. The zero-order valence-electron chi connectivity index (χ0n) is 19.2. The number of morpholine rings is 1. The van der Waals surface area contributed by atoms with Crippen LogP contribution in [0.25, 0.3) is 0 Å². The Kier molecular flexibility index (Phi) is 5.84. The third-order valence-corrected chi connectivity index (χ3v) is 6.23. The second-order valence-electron chi connectivity index (χ2n) is 8.88. The van der Waals surface area contributed by atoms with Gasteiger partial charge in [0.05, 0.1) is 36.4 Å². The molecular formula is C25H21F3N4O4. The summed E-state index contributed by atoms with van der Waals surface area (Å²) in [5.74, 6) is 1.27. The van der Waals surface area contributed by atoms with Gasteiger partial charge in [-0.25, -0.2) is 4.79 Å². The second-order valence-corrected chi connectivity index (χ2v) is 8.88. The van der Waals surface area contributed by atoms with Gasteiger partial charge in [0.15, 0.2) is 0 Å². The highest BCUT2D eigenvalue weighted by molar-refractivity contribution is 5.50. The maximum absolute atomic E-state index is 12.8. The van der Waals surface area contributed by atoms with Crippen LogP contribution in [0.4, 0.5) is 19.0 Å². The molecule has 5 rings (SSSR count). The molecule has 0 bridgehead atoms. The van der Waals surface area contributed by atoms with Crippen LogP contribution in [0.2, 0.25) is 0 Å². The molecule has 2 aliphatic rings. The van der Waals surface area contributed by atoms with E-state index >= 15 is 0 Å². The van der Waals surface area contributed by atoms with Crippen LogP contribution < -0.4 is 20.1 Å². The van der Waals surface area contributed by atoms with Crippen LogP contribution in [0, 0.1) is 11.3 Å². The summed E-state index contributed by atoms with van der Waals surface area (Å²) in [4.78, 5) is 18.8. The van der Waals surface area contributed by atoms with E-state index in [0.29, 0.717) is 31.9 Å². The van der Waals surface area contributed by atoms with Crippen molar-refractivity contribution in [2.45, 2.75) is 31.8 Å². The third kappa shape index (κ3) is 4.47. The number of ether oxygens (including phenoxy) is 3. The molecule has 36 heavy (non-hydrogen) atoms. The molecular weight excluding hydrogens is 477 g/mol. The second kappa shape index (κ2) is 8.87. The summed E-state index contributed by atoms with van der Waals surface area (Å²) in [5, 5.41) is 9.54. The smallest absolute Gasteiger partial charge is 0.416 e. The van der Waals surface area contributed by atoms with Crippen molar-refractivity contribution in [3.63, 3.8) is 0 Å². The van der Waals surface area contributed by atoms with Crippen molar-refractivity contribution >= 4 is 5.82 Å². The molecule has 8 nitrogen and oxygen atoms in total. The quantitative estimate of drug-likeness (QED) is 0.523. The Morgan fingerprint density at radius 1 is 1.19 bits per heavy atom. The van der Waals surface area contributed by atoms with Gasteiger partial charge in [0, 0.05) is 12.6 Å². The Balaban J connectivity index is 1.30. The molecule has 0 N–H and O–H groups in total. The highest BCUT2D eigenvalue weighted by Gasteiger charge is 2.43. The minimum absolute atomic E-state index is 0.0471. The first-order chi connectivity index (χ1) is 17.2. The molecule has 1 saturated heterocycles. The summed E-state index contributed by atoms with van der Waals surface area (Å²) >= 11 is 0. The standard InChI is InChI=1S/C25H21F3N4O4/c1-24-14-31-22(32(24)8-9-34-15-24)11-21(30-23(31)33)35-13-16-2-7-20(17(10-16)12-29)36-19-5-3-18(4-6-19)25(26,27)28/h2-7,10-11H,8-9,13-15H2,1H3/t24-/m1/s1. The van der Waals surface area contributed by atoms with Gasteiger partial charge in [-0.3, -0.25) is 4.57 Å². The predicted molar refractivity (Wildman–Crippen MR) is 122 cm³/mol. The molecule has 0 aliphatic carbocycles. The molecule has 1 fully saturated rings. The molecule has 1 atom stereocenters. The van der Waals surface area contributed by atoms with Crippen LogP contribution in [0.3, 0.4) is 0 Å². The first kappa shape index (κ1) is 23.7. The largest absolute Gasteiger partial charge is 0.473 e. The summed E-state index contributed by atoms with van der Waals surface area (Å²) in [6, 6.07) is 12.7. The number of fused-ring (bicyclic) bond motifs is 3. The van der Waals surface area contributed by atoms with E-state index in [9.17, 15) is 23.2 Å². The lowest BCUT2D eigenvalue weighted by Gasteiger charge is -2.39. The van der Waals surface area contributed by atoms with E-state index in [0.717, 1.165) is 18.0 Å². The van der Waals surface area contributed by atoms with Crippen molar-refractivity contribution in [1.82, 2.24) is 9.55 Å². The van der Waals surface area contributed by atoms with Crippen LogP contribution in [0.5, 0.6) is 17.4 Å². The van der Waals surface area contributed by atoms with E-state index in [4.69, 9.17) is 14.2 Å². The van der Waals surface area contributed by atoms with Crippen molar-refractivity contribution in [3.8, 4) is 23.4 Å². The zero-order valence-corrected chi connectivity index (χ0v) is 19.2. The molecule has 11 heteroatoms. The summed E-state index contributed by atoms with van der Waals surface area (Å²) in [7, 11) is 0. The monoisotopic (exact) mass is 498 g/mol. The fourth-order valence-corrected chi connectivity index (χ4v) is 4.42. The molecule has 1 aromatic heterocycles. The lowest BCUT2D eigenvalue weighted by molar-refractivity contribution is -0.137. The van der Waals surface area contributed by atoms with Gasteiger partial charge in [-0.05, 0) is 48.9 Å². The van der Waals surface area contributed by atoms with Gasteiger partial charge >= 0.3 is 11.9 Å². The molecule has 0 spiro atoms. The minimum atomic E-state index is -4.45. The van der Waals surface area contributed by atoms with Gasteiger partial charge in [-0.1, -0.05) is 6.07 Å². The number of alkyl halides is 3. The van der Waals surface area contributed by atoms with E-state index in [1.807, 2.05) is 13.0 Å². The van der Waals surface area contributed by atoms with E-state index < -0.39 is 17.4 Å². The number of rotatable bonds is 5. The number of aromatic nitrogens is 2. The number of halogens is 3. The van der Waals surface area contributed by atoms with Crippen LogP contribution in [-0.2, 0) is 24.1 Å². The first-order valence-electron chi connectivity index (χ1n) is 11.1. The van der Waals surface area contributed by atoms with Crippen LogP contribution in [-0.4, -0.2) is 34.8 Å². The van der Waals surface area contributed by atoms with Gasteiger partial charge in [0.2, 0.25) is 5.88 Å². The average Bonchev–Trinajstić information content (AvgIpc) is 3.16. The molecule has 3 aromatic rings. The van der Waals surface area contributed by atoms with E-state index in [1.54, 1.807) is 28.8 Å². The number of benzene rings is 2. The van der Waals surface area contributed by atoms with Crippen LogP contribution in [0.15, 0.2) is 53.3 Å². The summed E-state index contributed by atoms with van der Waals surface area (Å²) in [6.45, 7) is 4.32. The lowest BCUT2D eigenvalue weighted by atomic mass is 10.0. The Bertz CT molecular complexity index is 1400. The maximum atomic E-state index is 12.8. The number of nitriles is 1. The molecule has 186 valence electrons. The predicted octanol–water partition coefficient (Wildman–Crippen LogP) is 4.11. The molecule has 0 radical (unpaired) electrons. The Morgan fingerprint density at radius 2 is 1.97 bits per heavy atom. The maximum Gasteiger partial charge on any atom is 0.416 e. The summed E-state index contributed by atoms with van der Waals surface area (Å²) in [6.07, 6.45) is -4.45. The van der Waals surface area contributed by atoms with Crippen molar-refractivity contribution < 1.29 is 27.4 Å². The minimum Gasteiger partial charge on any atom is -0.473 e. The molecule has 0 amide bonds. The Hall–Kier alpha value is -4.04. The lowest BCUT2D eigenvalue weighted by Crippen LogP contribution is -2.53. The molecule has 3 heterocycles. The van der Waals surface area contributed by atoms with Crippen LogP contribution >= 0.6 is 0 Å². The highest BCUT2D eigenvalue weighted by atomic mass is 19.4. The number of nitrogens with zero attached hydrogens (tertiary/aromatic N) is 4. The van der Waals surface area contributed by atoms with Crippen LogP contribution in [0.1, 0.15) is 23.6 Å². The average molecular weight is 498 g/mol. The molecule has 0 unspecified atom stereocenters. The van der Waals surface area contributed by atoms with Crippen molar-refractivity contribution in [2.75, 3.05) is 24.7 Å². The number of anilines is 1. The topological polar surface area (TPSA) is 89.6 Å². The molecule has 2 aromatic carbocycles. The highest BCUT2D eigenvalue weighted by Crippen LogP contribution is 2.36. The zero-order chi connectivity index (χ0) is 25.5. The first-order valence-corrected chi connectivity index (χ1v) is 11.1. The van der Waals surface area contributed by atoms with E-state index in [1.165, 1.54) is 12.1 Å². The van der Waals surface area contributed by atoms with E-state index in [-0.39, 0.29) is 35.1 Å². The fraction of sp³-hybridized carbons (Fsp3) is 0.320. The number of hydrogen-bond acceptors (Lipinski definition) is 7. The Labute approximate surface area is 204 Å². The summed E-state index contributed by atoms with van der Waals surface area (Å²) < 4.78 is 56.9. The third-order valence-electron chi connectivity index (χ3n) is 6.23. The molecule has 0 saturated carbocycles. The molecule has 2 aliphatic heterocycles. The van der Waals surface area contributed by atoms with Gasteiger partial charge in [0.25, 0.3) is 0 Å². The normalized spacial score (nSPS) is 18.8. The Morgan fingerprint density at radius 3 is 2.69 bits per heavy atom. The van der Waals surface area contributed by atoms with Gasteiger partial charge < -0.3 is 19.1 Å². The van der Waals surface area contributed by atoms with Crippen molar-refractivity contribution in [2.24, 2.45) is 0 Å². The van der Waals surface area contributed by atoms with E-state index in [2.05, 4.69) is 9.88 Å². The van der Waals surface area contributed by atoms with Crippen molar-refractivity contribution in [1.29, 1.82) is 5.26 Å². The van der Waals surface area contributed by atoms with Crippen molar-refractivity contribution in [3.05, 3.63) is 75.7 Å².